The molecule has 0 aliphatic heterocycles. The van der Waals surface area contributed by atoms with Crippen LogP contribution >= 0.6 is 23.2 Å². The number of rotatable bonds is 6. The van der Waals surface area contributed by atoms with Crippen LogP contribution in [-0.2, 0) is 16.1 Å². The quantitative estimate of drug-likeness (QED) is 0.636. The first-order valence-electron chi connectivity index (χ1n) is 9.18. The smallest absolute Gasteiger partial charge is 0.260 e. The summed E-state index contributed by atoms with van der Waals surface area (Å²) in [4.78, 5) is 27.9. The van der Waals surface area contributed by atoms with Crippen LogP contribution in [0.2, 0.25) is 10.0 Å². The molecule has 5 nitrogen and oxygen atoms in total. The summed E-state index contributed by atoms with van der Waals surface area (Å²) < 4.78 is 5.59. The van der Waals surface area contributed by atoms with Crippen molar-refractivity contribution in [3.63, 3.8) is 0 Å². The molecule has 0 fully saturated rings. The van der Waals surface area contributed by atoms with E-state index in [1.165, 1.54) is 0 Å². The maximum absolute atomic E-state index is 12.4. The average Bonchev–Trinajstić information content (AvgIpc) is 2.67. The highest BCUT2D eigenvalue weighted by Crippen LogP contribution is 2.25. The molecule has 2 rings (SSSR count). The van der Waals surface area contributed by atoms with E-state index in [-0.39, 0.29) is 18.4 Å². The number of carbonyl (C=O) groups is 2. The van der Waals surface area contributed by atoms with Gasteiger partial charge in [-0.25, -0.2) is 0 Å². The van der Waals surface area contributed by atoms with E-state index < -0.39 is 5.41 Å². The SMILES string of the molecule is CN(Cc1ccc(Cl)c(Cl)c1)C(=O)COc1ccc(N(C)C(=O)C(C)(C)C)cc1. The van der Waals surface area contributed by atoms with Gasteiger partial charge in [-0.3, -0.25) is 9.59 Å². The maximum Gasteiger partial charge on any atom is 0.260 e. The topological polar surface area (TPSA) is 49.9 Å². The minimum atomic E-state index is -0.463. The summed E-state index contributed by atoms with van der Waals surface area (Å²) in [5.74, 6) is 0.409. The summed E-state index contributed by atoms with van der Waals surface area (Å²) in [6.07, 6.45) is 0. The first kappa shape index (κ1) is 23.0. The Morgan fingerprint density at radius 3 is 2.14 bits per heavy atom. The van der Waals surface area contributed by atoms with E-state index in [1.807, 2.05) is 26.8 Å². The zero-order valence-electron chi connectivity index (χ0n) is 17.3. The number of likely N-dealkylation sites (N-methyl/N-ethyl adjacent to an activating group) is 1. The molecule has 0 atom stereocenters. The molecule has 0 radical (unpaired) electrons. The lowest BCUT2D eigenvalue weighted by Gasteiger charge is -2.26. The standard InChI is InChI=1S/C22H26Cl2N2O3/c1-22(2,3)21(28)26(5)16-7-9-17(10-8-16)29-14-20(27)25(4)13-15-6-11-18(23)19(24)12-15/h6-12H,13-14H2,1-5H3. The molecule has 0 aliphatic rings. The van der Waals surface area contributed by atoms with Gasteiger partial charge in [-0.1, -0.05) is 50.0 Å². The molecule has 2 aromatic rings. The van der Waals surface area contributed by atoms with Gasteiger partial charge in [0.1, 0.15) is 5.75 Å². The van der Waals surface area contributed by atoms with Crippen molar-refractivity contribution < 1.29 is 14.3 Å². The van der Waals surface area contributed by atoms with Gasteiger partial charge in [0, 0.05) is 31.7 Å². The lowest BCUT2D eigenvalue weighted by atomic mass is 9.95. The summed E-state index contributed by atoms with van der Waals surface area (Å²) in [5, 5.41) is 0.933. The molecule has 0 saturated heterocycles. The summed E-state index contributed by atoms with van der Waals surface area (Å²) in [5.41, 5.74) is 1.18. The van der Waals surface area contributed by atoms with Gasteiger partial charge >= 0.3 is 0 Å². The second-order valence-electron chi connectivity index (χ2n) is 7.90. The maximum atomic E-state index is 12.4. The van der Waals surface area contributed by atoms with Gasteiger partial charge in [-0.05, 0) is 42.0 Å². The second kappa shape index (κ2) is 9.51. The number of halogens is 2. The van der Waals surface area contributed by atoms with Crippen molar-refractivity contribution in [2.24, 2.45) is 5.41 Å². The van der Waals surface area contributed by atoms with E-state index in [0.717, 1.165) is 11.3 Å². The Morgan fingerprint density at radius 1 is 0.966 bits per heavy atom. The Kier molecular flexibility index (Phi) is 7.55. The minimum absolute atomic E-state index is 0.0188. The molecule has 0 unspecified atom stereocenters. The third-order valence-corrected chi connectivity index (χ3v) is 5.10. The fraction of sp³-hybridized carbons (Fsp3) is 0.364. The van der Waals surface area contributed by atoms with Crippen LogP contribution in [0.25, 0.3) is 0 Å². The van der Waals surface area contributed by atoms with Gasteiger partial charge in [0.2, 0.25) is 5.91 Å². The number of ether oxygens (including phenoxy) is 1. The van der Waals surface area contributed by atoms with Gasteiger partial charge in [0.25, 0.3) is 5.91 Å². The Labute approximate surface area is 182 Å². The van der Waals surface area contributed by atoms with Crippen molar-refractivity contribution in [2.75, 3.05) is 25.6 Å². The second-order valence-corrected chi connectivity index (χ2v) is 8.71. The van der Waals surface area contributed by atoms with Crippen LogP contribution in [0.3, 0.4) is 0 Å². The van der Waals surface area contributed by atoms with Crippen LogP contribution in [-0.4, -0.2) is 37.4 Å². The molecular formula is C22H26Cl2N2O3. The van der Waals surface area contributed by atoms with E-state index in [4.69, 9.17) is 27.9 Å². The first-order chi connectivity index (χ1) is 13.5. The minimum Gasteiger partial charge on any atom is -0.484 e. The fourth-order valence-corrected chi connectivity index (χ4v) is 2.96. The van der Waals surface area contributed by atoms with E-state index in [1.54, 1.807) is 60.3 Å². The Hall–Kier alpha value is -2.24. The van der Waals surface area contributed by atoms with Crippen molar-refractivity contribution >= 4 is 40.7 Å². The monoisotopic (exact) mass is 436 g/mol. The predicted octanol–water partition coefficient (Wildman–Crippen LogP) is 5.04. The normalized spacial score (nSPS) is 11.1. The molecule has 0 saturated carbocycles. The van der Waals surface area contributed by atoms with Crippen LogP contribution in [0.1, 0.15) is 26.3 Å². The van der Waals surface area contributed by atoms with Gasteiger partial charge in [0.15, 0.2) is 6.61 Å². The number of benzene rings is 2. The number of amides is 2. The zero-order valence-corrected chi connectivity index (χ0v) is 18.8. The number of carbonyl (C=O) groups excluding carboxylic acids is 2. The van der Waals surface area contributed by atoms with Crippen molar-refractivity contribution in [2.45, 2.75) is 27.3 Å². The Bertz CT molecular complexity index is 877. The molecule has 0 N–H and O–H groups in total. The first-order valence-corrected chi connectivity index (χ1v) is 9.93. The lowest BCUT2D eigenvalue weighted by Crippen LogP contribution is -2.36. The summed E-state index contributed by atoms with van der Waals surface area (Å²) in [7, 11) is 3.44. The largest absolute Gasteiger partial charge is 0.484 e. The Morgan fingerprint density at radius 2 is 1.59 bits per heavy atom. The summed E-state index contributed by atoms with van der Waals surface area (Å²) in [6, 6.07) is 12.3. The lowest BCUT2D eigenvalue weighted by molar-refractivity contribution is -0.132. The molecule has 29 heavy (non-hydrogen) atoms. The molecule has 0 spiro atoms. The highest BCUT2D eigenvalue weighted by molar-refractivity contribution is 6.42. The highest BCUT2D eigenvalue weighted by atomic mass is 35.5. The van der Waals surface area contributed by atoms with E-state index in [9.17, 15) is 9.59 Å². The van der Waals surface area contributed by atoms with E-state index in [0.29, 0.717) is 22.3 Å². The molecule has 7 heteroatoms. The summed E-state index contributed by atoms with van der Waals surface area (Å²) in [6.45, 7) is 5.95. The van der Waals surface area contributed by atoms with Crippen molar-refractivity contribution in [1.82, 2.24) is 4.90 Å². The molecule has 2 aromatic carbocycles. The van der Waals surface area contributed by atoms with E-state index in [2.05, 4.69) is 0 Å². The Balaban J connectivity index is 1.91. The third kappa shape index (κ3) is 6.38. The summed E-state index contributed by atoms with van der Waals surface area (Å²) >= 11 is 11.9. The molecule has 0 aliphatic carbocycles. The highest BCUT2D eigenvalue weighted by Gasteiger charge is 2.25. The number of nitrogens with zero attached hydrogens (tertiary/aromatic N) is 2. The average molecular weight is 437 g/mol. The van der Waals surface area contributed by atoms with Gasteiger partial charge in [-0.15, -0.1) is 0 Å². The zero-order chi connectivity index (χ0) is 21.8. The van der Waals surface area contributed by atoms with Crippen molar-refractivity contribution in [3.05, 3.63) is 58.1 Å². The van der Waals surface area contributed by atoms with Gasteiger partial charge < -0.3 is 14.5 Å². The van der Waals surface area contributed by atoms with Crippen LogP contribution in [0.5, 0.6) is 5.75 Å². The van der Waals surface area contributed by atoms with E-state index >= 15 is 0 Å². The van der Waals surface area contributed by atoms with Gasteiger partial charge in [-0.2, -0.15) is 0 Å². The van der Waals surface area contributed by atoms with Gasteiger partial charge in [0.05, 0.1) is 10.0 Å². The van der Waals surface area contributed by atoms with Crippen LogP contribution in [0.4, 0.5) is 5.69 Å². The molecule has 0 heterocycles. The van der Waals surface area contributed by atoms with Crippen LogP contribution in [0.15, 0.2) is 42.5 Å². The number of hydrogen-bond acceptors (Lipinski definition) is 3. The predicted molar refractivity (Wildman–Crippen MR) is 118 cm³/mol. The van der Waals surface area contributed by atoms with Crippen molar-refractivity contribution in [1.29, 1.82) is 0 Å². The van der Waals surface area contributed by atoms with Crippen LogP contribution in [0, 0.1) is 5.41 Å². The molecule has 0 aromatic heterocycles. The number of hydrogen-bond donors (Lipinski definition) is 0. The molecule has 156 valence electrons. The van der Waals surface area contributed by atoms with Crippen LogP contribution < -0.4 is 9.64 Å². The third-order valence-electron chi connectivity index (χ3n) is 4.36. The molecular weight excluding hydrogens is 411 g/mol. The fourth-order valence-electron chi connectivity index (χ4n) is 2.64. The van der Waals surface area contributed by atoms with Crippen molar-refractivity contribution in [3.8, 4) is 5.75 Å². The molecule has 2 amide bonds. The number of anilines is 1. The molecule has 0 bridgehead atoms.